The highest BCUT2D eigenvalue weighted by molar-refractivity contribution is 5.33. The van der Waals surface area contributed by atoms with Gasteiger partial charge in [0.05, 0.1) is 5.69 Å². The van der Waals surface area contributed by atoms with E-state index in [-0.39, 0.29) is 0 Å². The number of nitrogens with two attached hydrogens (primary N) is 1. The Labute approximate surface area is 120 Å². The van der Waals surface area contributed by atoms with Crippen molar-refractivity contribution in [3.8, 4) is 5.69 Å². The van der Waals surface area contributed by atoms with Crippen LogP contribution in [0.15, 0.2) is 42.7 Å². The zero-order chi connectivity index (χ0) is 13.8. The van der Waals surface area contributed by atoms with Crippen molar-refractivity contribution in [2.45, 2.75) is 31.8 Å². The lowest BCUT2D eigenvalue weighted by molar-refractivity contribution is 0.145. The van der Waals surface area contributed by atoms with Gasteiger partial charge < -0.3 is 5.73 Å². The summed E-state index contributed by atoms with van der Waals surface area (Å²) in [6.07, 6.45) is 7.61. The summed E-state index contributed by atoms with van der Waals surface area (Å²) in [5.41, 5.74) is 8.34. The molecular formula is C16H22N4. The molecule has 0 amide bonds. The number of hydrogen-bond donors (Lipinski definition) is 1. The quantitative estimate of drug-likeness (QED) is 0.926. The first kappa shape index (κ1) is 13.3. The topological polar surface area (TPSA) is 47.1 Å². The average molecular weight is 270 g/mol. The second kappa shape index (κ2) is 6.20. The first-order valence-corrected chi connectivity index (χ1v) is 7.40. The van der Waals surface area contributed by atoms with Crippen molar-refractivity contribution in [3.63, 3.8) is 0 Å². The van der Waals surface area contributed by atoms with Gasteiger partial charge in [-0.2, -0.15) is 5.10 Å². The predicted octanol–water partition coefficient (Wildman–Crippen LogP) is 2.19. The van der Waals surface area contributed by atoms with Gasteiger partial charge >= 0.3 is 0 Å². The molecule has 1 aliphatic heterocycles. The van der Waals surface area contributed by atoms with Crippen LogP contribution in [0.2, 0.25) is 0 Å². The van der Waals surface area contributed by atoms with Gasteiger partial charge in [-0.25, -0.2) is 4.68 Å². The fourth-order valence-electron chi connectivity index (χ4n) is 2.95. The second-order valence-corrected chi connectivity index (χ2v) is 5.47. The van der Waals surface area contributed by atoms with E-state index in [1.807, 2.05) is 16.9 Å². The van der Waals surface area contributed by atoms with E-state index < -0.39 is 0 Å². The summed E-state index contributed by atoms with van der Waals surface area (Å²) >= 11 is 0. The van der Waals surface area contributed by atoms with E-state index in [0.29, 0.717) is 6.04 Å². The van der Waals surface area contributed by atoms with Crippen molar-refractivity contribution in [2.24, 2.45) is 5.73 Å². The van der Waals surface area contributed by atoms with Gasteiger partial charge in [0.25, 0.3) is 0 Å². The Hall–Kier alpha value is -1.65. The Morgan fingerprint density at radius 2 is 2.05 bits per heavy atom. The standard InChI is InChI=1S/C16H22N4/c17-12-16-4-1-2-10-19(16)13-14-5-7-15(8-6-14)20-11-3-9-18-20/h3,5-9,11,16H,1-2,4,10,12-13,17H2. The molecule has 1 atom stereocenters. The van der Waals surface area contributed by atoms with Crippen LogP contribution in [0, 0.1) is 0 Å². The van der Waals surface area contributed by atoms with Gasteiger partial charge in [-0.15, -0.1) is 0 Å². The number of nitrogens with zero attached hydrogens (tertiary/aromatic N) is 3. The molecule has 4 heteroatoms. The van der Waals surface area contributed by atoms with Crippen LogP contribution >= 0.6 is 0 Å². The summed E-state index contributed by atoms with van der Waals surface area (Å²) in [7, 11) is 0. The van der Waals surface area contributed by atoms with Crippen LogP contribution in [-0.4, -0.2) is 33.8 Å². The third kappa shape index (κ3) is 2.92. The molecule has 1 aliphatic rings. The first-order valence-electron chi connectivity index (χ1n) is 7.40. The number of rotatable bonds is 4. The molecule has 0 radical (unpaired) electrons. The van der Waals surface area contributed by atoms with Gasteiger partial charge in [0, 0.05) is 31.5 Å². The normalized spacial score (nSPS) is 20.1. The summed E-state index contributed by atoms with van der Waals surface area (Å²) in [5.74, 6) is 0. The minimum atomic E-state index is 0.551. The maximum Gasteiger partial charge on any atom is 0.0645 e. The smallest absolute Gasteiger partial charge is 0.0645 e. The second-order valence-electron chi connectivity index (χ2n) is 5.47. The van der Waals surface area contributed by atoms with Crippen molar-refractivity contribution >= 4 is 0 Å². The number of piperidine rings is 1. The van der Waals surface area contributed by atoms with E-state index in [4.69, 9.17) is 5.73 Å². The van der Waals surface area contributed by atoms with Crippen LogP contribution in [0.4, 0.5) is 0 Å². The van der Waals surface area contributed by atoms with Gasteiger partial charge in [0.1, 0.15) is 0 Å². The maximum atomic E-state index is 5.88. The summed E-state index contributed by atoms with van der Waals surface area (Å²) in [6, 6.07) is 11.1. The SMILES string of the molecule is NCC1CCCCN1Cc1ccc(-n2cccn2)cc1. The van der Waals surface area contributed by atoms with Crippen molar-refractivity contribution in [1.29, 1.82) is 0 Å². The molecule has 0 aliphatic carbocycles. The molecule has 1 unspecified atom stereocenters. The zero-order valence-electron chi connectivity index (χ0n) is 11.8. The predicted molar refractivity (Wildman–Crippen MR) is 80.7 cm³/mol. The van der Waals surface area contributed by atoms with Gasteiger partial charge in [0.2, 0.25) is 0 Å². The highest BCUT2D eigenvalue weighted by Crippen LogP contribution is 2.19. The molecule has 4 nitrogen and oxygen atoms in total. The summed E-state index contributed by atoms with van der Waals surface area (Å²) in [6.45, 7) is 2.94. The third-order valence-electron chi connectivity index (χ3n) is 4.11. The van der Waals surface area contributed by atoms with Crippen LogP contribution in [-0.2, 0) is 6.54 Å². The van der Waals surface area contributed by atoms with E-state index in [9.17, 15) is 0 Å². The van der Waals surface area contributed by atoms with E-state index >= 15 is 0 Å². The number of benzene rings is 1. The molecule has 1 saturated heterocycles. The van der Waals surface area contributed by atoms with E-state index in [0.717, 1.165) is 18.8 Å². The van der Waals surface area contributed by atoms with E-state index in [2.05, 4.69) is 34.3 Å². The minimum Gasteiger partial charge on any atom is -0.329 e. The van der Waals surface area contributed by atoms with Crippen LogP contribution in [0.1, 0.15) is 24.8 Å². The summed E-state index contributed by atoms with van der Waals surface area (Å²) in [4.78, 5) is 2.52. The first-order chi connectivity index (χ1) is 9.86. The van der Waals surface area contributed by atoms with Crippen molar-refractivity contribution in [3.05, 3.63) is 48.3 Å². The van der Waals surface area contributed by atoms with E-state index in [1.54, 1.807) is 6.20 Å². The number of hydrogen-bond acceptors (Lipinski definition) is 3. The Balaban J connectivity index is 1.68. The fraction of sp³-hybridized carbons (Fsp3) is 0.438. The Bertz CT molecular complexity index is 518. The van der Waals surface area contributed by atoms with Gasteiger partial charge in [-0.3, -0.25) is 4.90 Å². The van der Waals surface area contributed by atoms with Crippen LogP contribution in [0.25, 0.3) is 5.69 Å². The van der Waals surface area contributed by atoms with Gasteiger partial charge in [-0.1, -0.05) is 18.6 Å². The largest absolute Gasteiger partial charge is 0.329 e. The Morgan fingerprint density at radius 1 is 1.20 bits per heavy atom. The molecule has 106 valence electrons. The minimum absolute atomic E-state index is 0.551. The summed E-state index contributed by atoms with van der Waals surface area (Å²) < 4.78 is 1.88. The molecule has 1 aromatic carbocycles. The van der Waals surface area contributed by atoms with Gasteiger partial charge in [-0.05, 0) is 43.1 Å². The molecule has 1 fully saturated rings. The lowest BCUT2D eigenvalue weighted by Crippen LogP contribution is -2.43. The highest BCUT2D eigenvalue weighted by atomic mass is 15.3. The average Bonchev–Trinajstić information content (AvgIpc) is 3.03. The lowest BCUT2D eigenvalue weighted by atomic mass is 10.0. The van der Waals surface area contributed by atoms with Crippen LogP contribution in [0.5, 0.6) is 0 Å². The van der Waals surface area contributed by atoms with Gasteiger partial charge in [0.15, 0.2) is 0 Å². The zero-order valence-corrected chi connectivity index (χ0v) is 11.8. The number of likely N-dealkylation sites (tertiary alicyclic amines) is 1. The van der Waals surface area contributed by atoms with Crippen LogP contribution in [0.3, 0.4) is 0 Å². The molecular weight excluding hydrogens is 248 g/mol. The van der Waals surface area contributed by atoms with Crippen molar-refractivity contribution < 1.29 is 0 Å². The molecule has 2 N–H and O–H groups in total. The Morgan fingerprint density at radius 3 is 2.75 bits per heavy atom. The van der Waals surface area contributed by atoms with Crippen molar-refractivity contribution in [1.82, 2.24) is 14.7 Å². The molecule has 2 heterocycles. The van der Waals surface area contributed by atoms with Crippen LogP contribution < -0.4 is 5.73 Å². The molecule has 0 spiro atoms. The molecule has 20 heavy (non-hydrogen) atoms. The number of aromatic nitrogens is 2. The summed E-state index contributed by atoms with van der Waals surface area (Å²) in [5, 5.41) is 4.25. The molecule has 2 aromatic rings. The maximum absolute atomic E-state index is 5.88. The van der Waals surface area contributed by atoms with Crippen molar-refractivity contribution in [2.75, 3.05) is 13.1 Å². The molecule has 1 aromatic heterocycles. The fourth-order valence-corrected chi connectivity index (χ4v) is 2.95. The molecule has 3 rings (SSSR count). The highest BCUT2D eigenvalue weighted by Gasteiger charge is 2.20. The third-order valence-corrected chi connectivity index (χ3v) is 4.11. The lowest BCUT2D eigenvalue weighted by Gasteiger charge is -2.35. The molecule has 0 bridgehead atoms. The monoisotopic (exact) mass is 270 g/mol. The Kier molecular flexibility index (Phi) is 4.14. The molecule has 0 saturated carbocycles. The van der Waals surface area contributed by atoms with E-state index in [1.165, 1.54) is 31.4 Å².